The van der Waals surface area contributed by atoms with E-state index in [4.69, 9.17) is 11.6 Å². The van der Waals surface area contributed by atoms with E-state index in [0.717, 1.165) is 0 Å². The lowest BCUT2D eigenvalue weighted by Gasteiger charge is -2.10. The lowest BCUT2D eigenvalue weighted by molar-refractivity contribution is 0.251. The normalized spacial score (nSPS) is 10.4. The molecular weight excluding hydrogens is 328 g/mol. The molecule has 1 aromatic carbocycles. The number of amides is 2. The summed E-state index contributed by atoms with van der Waals surface area (Å²) < 4.78 is 1.88. The molecule has 0 fully saturated rings. The van der Waals surface area contributed by atoms with E-state index in [9.17, 15) is 4.79 Å². The molecule has 2 aromatic heterocycles. The second-order valence-corrected chi connectivity index (χ2v) is 5.34. The van der Waals surface area contributed by atoms with Crippen molar-refractivity contribution in [1.82, 2.24) is 24.8 Å². The molecule has 3 rings (SSSR count). The minimum Gasteiger partial charge on any atom is -0.336 e. The highest BCUT2D eigenvalue weighted by Crippen LogP contribution is 2.14. The number of nitrogens with zero attached hydrogens (tertiary/aromatic N) is 4. The Morgan fingerprint density at radius 2 is 1.96 bits per heavy atom. The molecule has 8 heteroatoms. The summed E-state index contributed by atoms with van der Waals surface area (Å²) >= 11 is 5.88. The monoisotopic (exact) mass is 342 g/mol. The fourth-order valence-corrected chi connectivity index (χ4v) is 2.33. The van der Waals surface area contributed by atoms with Crippen molar-refractivity contribution in [3.05, 3.63) is 60.1 Å². The summed E-state index contributed by atoms with van der Waals surface area (Å²) in [4.78, 5) is 24.5. The molecule has 0 atom stereocenters. The molecule has 0 aliphatic carbocycles. The molecule has 122 valence electrons. The van der Waals surface area contributed by atoms with Gasteiger partial charge in [-0.25, -0.2) is 19.7 Å². The number of aromatic nitrogens is 4. The summed E-state index contributed by atoms with van der Waals surface area (Å²) in [5.41, 5.74) is 0.640. The fourth-order valence-electron chi connectivity index (χ4n) is 2.14. The Labute approximate surface area is 143 Å². The van der Waals surface area contributed by atoms with Crippen molar-refractivity contribution >= 4 is 23.3 Å². The van der Waals surface area contributed by atoms with E-state index in [1.165, 1.54) is 0 Å². The molecule has 2 heterocycles. The standard InChI is InChI=1S/C16H15ClN6O/c17-12-3-1-4-13(11-12)22-16(24)21-8-10-23-9-7-20-15(23)14-18-5-2-6-19-14/h1-7,9,11H,8,10H2,(H2,21,22,24). The maximum atomic E-state index is 11.9. The molecule has 24 heavy (non-hydrogen) atoms. The average molecular weight is 343 g/mol. The number of halogens is 1. The molecule has 7 nitrogen and oxygen atoms in total. The number of carbonyl (C=O) groups is 1. The molecule has 0 saturated heterocycles. The van der Waals surface area contributed by atoms with Crippen LogP contribution in [0, 0.1) is 0 Å². The first-order valence-corrected chi connectivity index (χ1v) is 7.69. The first kappa shape index (κ1) is 15.9. The summed E-state index contributed by atoms with van der Waals surface area (Å²) in [5, 5.41) is 6.08. The van der Waals surface area contributed by atoms with Crippen molar-refractivity contribution in [2.75, 3.05) is 11.9 Å². The molecule has 0 spiro atoms. The lowest BCUT2D eigenvalue weighted by Crippen LogP contribution is -2.31. The average Bonchev–Trinajstić information content (AvgIpc) is 3.04. The summed E-state index contributed by atoms with van der Waals surface area (Å²) in [6.45, 7) is 0.985. The number of hydrogen-bond donors (Lipinski definition) is 2. The van der Waals surface area contributed by atoms with Crippen molar-refractivity contribution in [1.29, 1.82) is 0 Å². The van der Waals surface area contributed by atoms with Gasteiger partial charge in [0.2, 0.25) is 0 Å². The largest absolute Gasteiger partial charge is 0.336 e. The van der Waals surface area contributed by atoms with Gasteiger partial charge in [0.05, 0.1) is 0 Å². The van der Waals surface area contributed by atoms with Crippen molar-refractivity contribution in [2.24, 2.45) is 0 Å². The van der Waals surface area contributed by atoms with E-state index in [2.05, 4.69) is 25.6 Å². The van der Waals surface area contributed by atoms with Gasteiger partial charge in [0.15, 0.2) is 11.6 Å². The highest BCUT2D eigenvalue weighted by Gasteiger charge is 2.08. The van der Waals surface area contributed by atoms with Crippen molar-refractivity contribution in [2.45, 2.75) is 6.54 Å². The number of urea groups is 1. The topological polar surface area (TPSA) is 84.7 Å². The summed E-state index contributed by atoms with van der Waals surface area (Å²) in [7, 11) is 0. The van der Waals surface area contributed by atoms with Crippen LogP contribution >= 0.6 is 11.6 Å². The zero-order chi connectivity index (χ0) is 16.8. The second kappa shape index (κ2) is 7.56. The summed E-state index contributed by atoms with van der Waals surface area (Å²) in [6.07, 6.45) is 6.83. The van der Waals surface area contributed by atoms with Gasteiger partial charge in [-0.3, -0.25) is 0 Å². The van der Waals surface area contributed by atoms with Gasteiger partial charge in [-0.2, -0.15) is 0 Å². The van der Waals surface area contributed by atoms with E-state index in [1.807, 2.05) is 10.8 Å². The van der Waals surface area contributed by atoms with E-state index in [0.29, 0.717) is 35.4 Å². The van der Waals surface area contributed by atoms with Gasteiger partial charge in [-0.1, -0.05) is 17.7 Å². The van der Waals surface area contributed by atoms with E-state index >= 15 is 0 Å². The Hall–Kier alpha value is -2.93. The lowest BCUT2D eigenvalue weighted by atomic mass is 10.3. The quantitative estimate of drug-likeness (QED) is 0.746. The van der Waals surface area contributed by atoms with Gasteiger partial charge < -0.3 is 15.2 Å². The van der Waals surface area contributed by atoms with Crippen LogP contribution in [0.25, 0.3) is 11.6 Å². The molecule has 0 unspecified atom stereocenters. The van der Waals surface area contributed by atoms with Gasteiger partial charge in [0, 0.05) is 48.6 Å². The SMILES string of the molecule is O=C(NCCn1ccnc1-c1ncccn1)Nc1cccc(Cl)c1. The van der Waals surface area contributed by atoms with Gasteiger partial charge in [0.25, 0.3) is 0 Å². The second-order valence-electron chi connectivity index (χ2n) is 4.91. The first-order chi connectivity index (χ1) is 11.7. The van der Waals surface area contributed by atoms with Crippen molar-refractivity contribution in [3.8, 4) is 11.6 Å². The molecule has 3 aromatic rings. The van der Waals surface area contributed by atoms with Crippen LogP contribution in [0.5, 0.6) is 0 Å². The third kappa shape index (κ3) is 4.08. The Bertz CT molecular complexity index is 820. The number of benzene rings is 1. The number of imidazole rings is 1. The van der Waals surface area contributed by atoms with Crippen LogP contribution in [0.1, 0.15) is 0 Å². The summed E-state index contributed by atoms with van der Waals surface area (Å²) in [5.74, 6) is 1.21. The zero-order valence-electron chi connectivity index (χ0n) is 12.7. The number of nitrogens with one attached hydrogen (secondary N) is 2. The Balaban J connectivity index is 1.54. The van der Waals surface area contributed by atoms with Gasteiger partial charge in [-0.15, -0.1) is 0 Å². The van der Waals surface area contributed by atoms with Crippen molar-refractivity contribution < 1.29 is 4.79 Å². The Morgan fingerprint density at radius 1 is 1.12 bits per heavy atom. The first-order valence-electron chi connectivity index (χ1n) is 7.31. The fraction of sp³-hybridized carbons (Fsp3) is 0.125. The maximum Gasteiger partial charge on any atom is 0.319 e. The van der Waals surface area contributed by atoms with Gasteiger partial charge >= 0.3 is 6.03 Å². The molecule has 0 bridgehead atoms. The van der Waals surface area contributed by atoms with Crippen LogP contribution in [0.15, 0.2) is 55.1 Å². The summed E-state index contributed by atoms with van der Waals surface area (Å²) in [6, 6.07) is 8.42. The molecule has 2 N–H and O–H groups in total. The third-order valence-electron chi connectivity index (χ3n) is 3.20. The number of carbonyl (C=O) groups excluding carboxylic acids is 1. The van der Waals surface area contributed by atoms with Crippen molar-refractivity contribution in [3.63, 3.8) is 0 Å². The van der Waals surface area contributed by atoms with Crippen LogP contribution < -0.4 is 10.6 Å². The zero-order valence-corrected chi connectivity index (χ0v) is 13.4. The van der Waals surface area contributed by atoms with Crippen LogP contribution in [0.3, 0.4) is 0 Å². The van der Waals surface area contributed by atoms with Crippen LogP contribution in [0.2, 0.25) is 5.02 Å². The third-order valence-corrected chi connectivity index (χ3v) is 3.44. The van der Waals surface area contributed by atoms with Gasteiger partial charge in [-0.05, 0) is 24.3 Å². The predicted octanol–water partition coefficient (Wildman–Crippen LogP) is 2.82. The molecule has 0 radical (unpaired) electrons. The van der Waals surface area contributed by atoms with Crippen LogP contribution in [-0.2, 0) is 6.54 Å². The minimum atomic E-state index is -0.296. The maximum absolute atomic E-state index is 11.9. The van der Waals surface area contributed by atoms with Crippen LogP contribution in [0.4, 0.5) is 10.5 Å². The molecule has 0 saturated carbocycles. The van der Waals surface area contributed by atoms with Gasteiger partial charge in [0.1, 0.15) is 0 Å². The van der Waals surface area contributed by atoms with E-state index in [-0.39, 0.29) is 6.03 Å². The minimum absolute atomic E-state index is 0.296. The van der Waals surface area contributed by atoms with Crippen LogP contribution in [-0.4, -0.2) is 32.1 Å². The van der Waals surface area contributed by atoms with E-state index < -0.39 is 0 Å². The highest BCUT2D eigenvalue weighted by molar-refractivity contribution is 6.30. The number of hydrogen-bond acceptors (Lipinski definition) is 4. The predicted molar refractivity (Wildman–Crippen MR) is 91.7 cm³/mol. The molecule has 0 aliphatic rings. The smallest absolute Gasteiger partial charge is 0.319 e. The molecule has 0 aliphatic heterocycles. The Kier molecular flexibility index (Phi) is 5.02. The number of anilines is 1. The molecular formula is C16H15ClN6O. The number of rotatable bonds is 5. The Morgan fingerprint density at radius 3 is 2.75 bits per heavy atom. The van der Waals surface area contributed by atoms with E-state index in [1.54, 1.807) is 48.9 Å². The highest BCUT2D eigenvalue weighted by atomic mass is 35.5. The molecule has 2 amide bonds.